The molecule has 0 bridgehead atoms. The zero-order valence-corrected chi connectivity index (χ0v) is 17.4. The number of hydrogen-bond donors (Lipinski definition) is 1. The number of furan rings is 1. The van der Waals surface area contributed by atoms with Crippen LogP contribution in [0.1, 0.15) is 17.4 Å². The third kappa shape index (κ3) is 3.43. The van der Waals surface area contributed by atoms with E-state index in [-0.39, 0.29) is 21.9 Å². The van der Waals surface area contributed by atoms with E-state index < -0.39 is 17.7 Å². The lowest BCUT2D eigenvalue weighted by Crippen LogP contribution is -2.29. The van der Waals surface area contributed by atoms with Crippen LogP contribution < -0.4 is 14.4 Å². The molecule has 1 amide bonds. The van der Waals surface area contributed by atoms with Crippen LogP contribution in [-0.4, -0.2) is 31.0 Å². The number of hydrogen-bond acceptors (Lipinski definition) is 6. The van der Waals surface area contributed by atoms with Gasteiger partial charge in [-0.2, -0.15) is 0 Å². The number of halogens is 1. The predicted octanol–water partition coefficient (Wildman–Crippen LogP) is 4.58. The highest BCUT2D eigenvalue weighted by atomic mass is 35.5. The number of para-hydroxylation sites is 1. The number of carbonyl (C=O) groups is 2. The van der Waals surface area contributed by atoms with Gasteiger partial charge in [-0.3, -0.25) is 14.5 Å². The maximum atomic E-state index is 13.1. The molecule has 1 aliphatic rings. The van der Waals surface area contributed by atoms with Gasteiger partial charge in [0.25, 0.3) is 11.7 Å². The van der Waals surface area contributed by atoms with E-state index in [1.165, 1.54) is 31.4 Å². The number of rotatable bonds is 5. The van der Waals surface area contributed by atoms with Crippen LogP contribution in [0.5, 0.6) is 11.5 Å². The number of aliphatic hydroxyl groups is 1. The summed E-state index contributed by atoms with van der Waals surface area (Å²) in [5.74, 6) is -0.944. The number of ketones is 1. The molecule has 2 aromatic carbocycles. The third-order valence-corrected chi connectivity index (χ3v) is 5.33. The smallest absolute Gasteiger partial charge is 0.300 e. The Kier molecular flexibility index (Phi) is 5.44. The van der Waals surface area contributed by atoms with Gasteiger partial charge >= 0.3 is 0 Å². The second kappa shape index (κ2) is 8.20. The highest BCUT2D eigenvalue weighted by molar-refractivity contribution is 6.51. The van der Waals surface area contributed by atoms with Gasteiger partial charge < -0.3 is 19.0 Å². The maximum Gasteiger partial charge on any atom is 0.300 e. The van der Waals surface area contributed by atoms with Crippen molar-refractivity contribution in [2.45, 2.75) is 6.04 Å². The molecular weight excluding hydrogens is 422 g/mol. The van der Waals surface area contributed by atoms with Crippen LogP contribution in [0.3, 0.4) is 0 Å². The summed E-state index contributed by atoms with van der Waals surface area (Å²) in [6, 6.07) is 13.7. The van der Waals surface area contributed by atoms with Crippen molar-refractivity contribution in [2.75, 3.05) is 19.1 Å². The Labute approximate surface area is 183 Å². The standard InChI is InChI=1S/C23H18ClNO6/c1-29-16-7-4-3-6-14(16)21(26)19-20(18-8-5-11-31-18)25(23(28)22(19)27)13-9-10-17(30-2)15(24)12-13/h3-12,20,26H,1-2H3/b21-19-. The lowest BCUT2D eigenvalue weighted by Gasteiger charge is -2.24. The molecule has 0 aliphatic carbocycles. The quantitative estimate of drug-likeness (QED) is 0.355. The second-order valence-corrected chi connectivity index (χ2v) is 7.11. The molecule has 0 radical (unpaired) electrons. The lowest BCUT2D eigenvalue weighted by atomic mass is 9.98. The molecule has 1 fully saturated rings. The topological polar surface area (TPSA) is 89.2 Å². The first-order valence-corrected chi connectivity index (χ1v) is 9.67. The Morgan fingerprint density at radius 2 is 1.77 bits per heavy atom. The average Bonchev–Trinajstić information content (AvgIpc) is 3.40. The van der Waals surface area contributed by atoms with Gasteiger partial charge in [-0.1, -0.05) is 23.7 Å². The molecule has 1 unspecified atom stereocenters. The van der Waals surface area contributed by atoms with Crippen LogP contribution in [0, 0.1) is 0 Å². The third-order valence-electron chi connectivity index (χ3n) is 5.03. The molecule has 2 heterocycles. The van der Waals surface area contributed by atoms with Crippen LogP contribution in [0.2, 0.25) is 5.02 Å². The van der Waals surface area contributed by atoms with Gasteiger partial charge in [0.15, 0.2) is 0 Å². The van der Waals surface area contributed by atoms with Crippen molar-refractivity contribution in [1.29, 1.82) is 0 Å². The molecular formula is C23H18ClNO6. The van der Waals surface area contributed by atoms with Crippen molar-refractivity contribution in [3.05, 3.63) is 82.8 Å². The van der Waals surface area contributed by atoms with Gasteiger partial charge in [0.05, 0.1) is 36.6 Å². The number of amides is 1. The van der Waals surface area contributed by atoms with E-state index >= 15 is 0 Å². The number of nitrogens with zero attached hydrogens (tertiary/aromatic N) is 1. The minimum Gasteiger partial charge on any atom is -0.507 e. The van der Waals surface area contributed by atoms with Gasteiger partial charge in [-0.25, -0.2) is 0 Å². The van der Waals surface area contributed by atoms with Gasteiger partial charge in [0, 0.05) is 5.69 Å². The van der Waals surface area contributed by atoms with E-state index in [0.717, 1.165) is 0 Å². The average molecular weight is 440 g/mol. The zero-order valence-electron chi connectivity index (χ0n) is 16.7. The van der Waals surface area contributed by atoms with Gasteiger partial charge in [-0.05, 0) is 42.5 Å². The van der Waals surface area contributed by atoms with E-state index in [0.29, 0.717) is 22.9 Å². The molecule has 0 saturated carbocycles. The molecule has 3 aromatic rings. The van der Waals surface area contributed by atoms with E-state index in [9.17, 15) is 14.7 Å². The molecule has 4 rings (SSSR count). The number of aliphatic hydroxyl groups excluding tert-OH is 1. The first kappa shape index (κ1) is 20.6. The largest absolute Gasteiger partial charge is 0.507 e. The Bertz CT molecular complexity index is 1180. The van der Waals surface area contributed by atoms with Crippen molar-refractivity contribution in [1.82, 2.24) is 0 Å². The Morgan fingerprint density at radius 1 is 1.03 bits per heavy atom. The molecule has 0 spiro atoms. The fourth-order valence-electron chi connectivity index (χ4n) is 3.61. The molecule has 7 nitrogen and oxygen atoms in total. The SMILES string of the molecule is COc1ccc(N2C(=O)C(=O)/C(=C(\O)c3ccccc3OC)C2c2ccco2)cc1Cl. The number of methoxy groups -OCH3 is 2. The highest BCUT2D eigenvalue weighted by Crippen LogP contribution is 2.44. The molecule has 1 N–H and O–H groups in total. The van der Waals surface area contributed by atoms with Crippen molar-refractivity contribution in [3.63, 3.8) is 0 Å². The fourth-order valence-corrected chi connectivity index (χ4v) is 3.86. The summed E-state index contributed by atoms with van der Waals surface area (Å²) in [7, 11) is 2.93. The van der Waals surface area contributed by atoms with Crippen molar-refractivity contribution in [3.8, 4) is 11.5 Å². The minimum atomic E-state index is -0.996. The first-order valence-electron chi connectivity index (χ1n) is 9.29. The molecule has 1 atom stereocenters. The first-order chi connectivity index (χ1) is 15.0. The number of Topliss-reactive ketones (excluding diaryl/α,β-unsaturated/α-hetero) is 1. The van der Waals surface area contributed by atoms with Crippen LogP contribution in [-0.2, 0) is 9.59 Å². The van der Waals surface area contributed by atoms with E-state index in [4.69, 9.17) is 25.5 Å². The summed E-state index contributed by atoms with van der Waals surface area (Å²) in [5.41, 5.74) is 0.525. The monoisotopic (exact) mass is 439 g/mol. The normalized spacial score (nSPS) is 17.8. The maximum absolute atomic E-state index is 13.1. The summed E-state index contributed by atoms with van der Waals surface area (Å²) in [5, 5.41) is 11.4. The second-order valence-electron chi connectivity index (χ2n) is 6.70. The van der Waals surface area contributed by atoms with Crippen molar-refractivity contribution in [2.24, 2.45) is 0 Å². The summed E-state index contributed by atoms with van der Waals surface area (Å²) >= 11 is 6.25. The predicted molar refractivity (Wildman–Crippen MR) is 114 cm³/mol. The summed E-state index contributed by atoms with van der Waals surface area (Å²) in [6.45, 7) is 0. The summed E-state index contributed by atoms with van der Waals surface area (Å²) in [6.07, 6.45) is 1.43. The van der Waals surface area contributed by atoms with E-state index in [1.807, 2.05) is 0 Å². The Morgan fingerprint density at radius 3 is 2.42 bits per heavy atom. The van der Waals surface area contributed by atoms with Crippen LogP contribution in [0.4, 0.5) is 5.69 Å². The molecule has 1 aliphatic heterocycles. The molecule has 1 saturated heterocycles. The molecule has 1 aromatic heterocycles. The van der Waals surface area contributed by atoms with Gasteiger partial charge in [0.1, 0.15) is 29.1 Å². The van der Waals surface area contributed by atoms with Crippen LogP contribution >= 0.6 is 11.6 Å². The minimum absolute atomic E-state index is 0.114. The molecule has 8 heteroatoms. The number of carbonyl (C=O) groups excluding carboxylic acids is 2. The van der Waals surface area contributed by atoms with Gasteiger partial charge in [-0.15, -0.1) is 0 Å². The summed E-state index contributed by atoms with van der Waals surface area (Å²) < 4.78 is 16.0. The fraction of sp³-hybridized carbons (Fsp3) is 0.130. The van der Waals surface area contributed by atoms with E-state index in [1.54, 1.807) is 48.5 Å². The number of anilines is 1. The highest BCUT2D eigenvalue weighted by Gasteiger charge is 2.48. The Hall–Kier alpha value is -3.71. The van der Waals surface area contributed by atoms with Crippen molar-refractivity contribution < 1.29 is 28.6 Å². The van der Waals surface area contributed by atoms with Crippen LogP contribution in [0.15, 0.2) is 70.9 Å². The van der Waals surface area contributed by atoms with Gasteiger partial charge in [0.2, 0.25) is 0 Å². The number of ether oxygens (including phenoxy) is 2. The van der Waals surface area contributed by atoms with Crippen molar-refractivity contribution >= 4 is 34.7 Å². The van der Waals surface area contributed by atoms with E-state index in [2.05, 4.69) is 0 Å². The summed E-state index contributed by atoms with van der Waals surface area (Å²) in [4.78, 5) is 27.4. The lowest BCUT2D eigenvalue weighted by molar-refractivity contribution is -0.132. The zero-order chi connectivity index (χ0) is 22.1. The molecule has 158 valence electrons. The van der Waals surface area contributed by atoms with Crippen LogP contribution in [0.25, 0.3) is 5.76 Å². The molecule has 31 heavy (non-hydrogen) atoms. The Balaban J connectivity index is 1.93. The number of benzene rings is 2.